The molecule has 58 heavy (non-hydrogen) atoms. The Bertz CT molecular complexity index is 3300. The average Bonchev–Trinajstić information content (AvgIpc) is 3.81. The molecule has 0 N–H and O–H groups in total. The van der Waals surface area contributed by atoms with Crippen molar-refractivity contribution in [1.82, 2.24) is 9.13 Å². The molecule has 0 aliphatic carbocycles. The molecule has 0 fully saturated rings. The van der Waals surface area contributed by atoms with Gasteiger partial charge in [0.05, 0.1) is 33.4 Å². The van der Waals surface area contributed by atoms with E-state index < -0.39 is 0 Å². The Morgan fingerprint density at radius 1 is 0.259 bits per heavy atom. The van der Waals surface area contributed by atoms with E-state index in [1.807, 2.05) is 23.5 Å². The zero-order valence-corrected chi connectivity index (χ0v) is 32.8. The highest BCUT2D eigenvalue weighted by molar-refractivity contribution is 8.00. The third-order valence-electron chi connectivity index (χ3n) is 12.1. The minimum absolute atomic E-state index is 1.21. The van der Waals surface area contributed by atoms with Crippen molar-refractivity contribution in [3.63, 3.8) is 0 Å². The van der Waals surface area contributed by atoms with E-state index in [4.69, 9.17) is 0 Å². The number of aromatic nitrogens is 2. The zero-order valence-electron chi connectivity index (χ0n) is 31.2. The second-order valence-electron chi connectivity index (χ2n) is 15.3. The molecule has 0 bridgehead atoms. The lowest BCUT2D eigenvalue weighted by atomic mass is 9.94. The first-order valence-corrected chi connectivity index (χ1v) is 21.4. The van der Waals surface area contributed by atoms with E-state index in [0.29, 0.717) is 0 Å². The molecule has 2 nitrogen and oxygen atoms in total. The Morgan fingerprint density at radius 3 is 1.02 bits per heavy atom. The fraction of sp³-hybridized carbons (Fsp3) is 0. The SMILES string of the molecule is c1cc(-c2cccc(-c3ccc4c(c3)c3cccc5c3n4-c3ccccc3S5)c2)cc(-c2cccc(-c3ccc4c(c3)c3cccc5c3n4-c3ccccc3S5)c2)c1. The number of fused-ring (bicyclic) bond motifs is 10. The standard InChI is InChI=1S/C54H32N2S2/c1-3-20-49-47(18-1)55-45-26-24-39(31-43(45)41-16-8-22-51(57-49)53(41)55)37-14-6-12-35(29-37)33-10-5-11-34(28-33)36-13-7-15-38(30-36)40-25-27-46-44(32-40)42-17-9-23-52-54(42)56(46)48-19-2-4-21-50(48)58-52/h1-32H. The molecule has 0 atom stereocenters. The predicted molar refractivity (Wildman–Crippen MR) is 245 cm³/mol. The summed E-state index contributed by atoms with van der Waals surface area (Å²) in [6.07, 6.45) is 0. The molecule has 4 heterocycles. The van der Waals surface area contributed by atoms with Crippen LogP contribution in [-0.2, 0) is 0 Å². The molecule has 9 aromatic carbocycles. The van der Waals surface area contributed by atoms with Crippen molar-refractivity contribution >= 4 is 67.1 Å². The number of hydrogen-bond acceptors (Lipinski definition) is 2. The van der Waals surface area contributed by atoms with Gasteiger partial charge in [-0.25, -0.2) is 0 Å². The third-order valence-corrected chi connectivity index (χ3v) is 14.3. The Labute approximate surface area is 344 Å². The van der Waals surface area contributed by atoms with Crippen LogP contribution >= 0.6 is 23.5 Å². The molecule has 0 unspecified atom stereocenters. The van der Waals surface area contributed by atoms with Crippen molar-refractivity contribution in [2.24, 2.45) is 0 Å². The summed E-state index contributed by atoms with van der Waals surface area (Å²) in [6.45, 7) is 0. The molecule has 2 aliphatic heterocycles. The van der Waals surface area contributed by atoms with Gasteiger partial charge in [0, 0.05) is 41.1 Å². The maximum Gasteiger partial charge on any atom is 0.0681 e. The largest absolute Gasteiger partial charge is 0.307 e. The van der Waals surface area contributed by atoms with Crippen molar-refractivity contribution in [2.75, 3.05) is 0 Å². The Balaban J connectivity index is 0.861. The molecular formula is C54H32N2S2. The van der Waals surface area contributed by atoms with Crippen LogP contribution in [0.4, 0.5) is 0 Å². The summed E-state index contributed by atoms with van der Waals surface area (Å²) in [5.74, 6) is 0. The highest BCUT2D eigenvalue weighted by Crippen LogP contribution is 2.49. The van der Waals surface area contributed by atoms with Crippen molar-refractivity contribution in [3.05, 3.63) is 194 Å². The highest BCUT2D eigenvalue weighted by Gasteiger charge is 2.24. The second kappa shape index (κ2) is 12.4. The van der Waals surface area contributed by atoms with Gasteiger partial charge < -0.3 is 9.13 Å². The molecule has 0 spiro atoms. The van der Waals surface area contributed by atoms with E-state index in [9.17, 15) is 0 Å². The van der Waals surface area contributed by atoms with Crippen molar-refractivity contribution in [2.45, 2.75) is 19.6 Å². The maximum atomic E-state index is 2.46. The highest BCUT2D eigenvalue weighted by atomic mass is 32.2. The first-order valence-electron chi connectivity index (χ1n) is 19.7. The van der Waals surface area contributed by atoms with Crippen LogP contribution in [0.15, 0.2) is 214 Å². The lowest BCUT2D eigenvalue weighted by molar-refractivity contribution is 1.09. The zero-order chi connectivity index (χ0) is 37.9. The van der Waals surface area contributed by atoms with Gasteiger partial charge in [0.15, 0.2) is 0 Å². The Hall–Kier alpha value is -6.72. The molecule has 11 aromatic rings. The number of nitrogens with zero attached hydrogens (tertiary/aromatic N) is 2. The van der Waals surface area contributed by atoms with Gasteiger partial charge >= 0.3 is 0 Å². The summed E-state index contributed by atoms with van der Waals surface area (Å²) in [5, 5.41) is 5.18. The topological polar surface area (TPSA) is 9.86 Å². The van der Waals surface area contributed by atoms with E-state index in [1.54, 1.807) is 0 Å². The fourth-order valence-electron chi connectivity index (χ4n) is 9.43. The first kappa shape index (κ1) is 32.4. The molecule has 4 heteroatoms. The number of rotatable bonds is 4. The van der Waals surface area contributed by atoms with Crippen LogP contribution in [0.3, 0.4) is 0 Å². The van der Waals surface area contributed by atoms with E-state index in [2.05, 4.69) is 203 Å². The summed E-state index contributed by atoms with van der Waals surface area (Å²) in [6, 6.07) is 71.9. The van der Waals surface area contributed by atoms with Crippen LogP contribution < -0.4 is 0 Å². The van der Waals surface area contributed by atoms with Gasteiger partial charge in [-0.15, -0.1) is 0 Å². The average molecular weight is 773 g/mol. The predicted octanol–water partition coefficient (Wildman–Crippen LogP) is 15.5. The molecule has 270 valence electrons. The summed E-state index contributed by atoms with van der Waals surface area (Å²) >= 11 is 3.74. The molecular weight excluding hydrogens is 741 g/mol. The van der Waals surface area contributed by atoms with E-state index in [-0.39, 0.29) is 0 Å². The minimum Gasteiger partial charge on any atom is -0.307 e. The molecule has 2 aliphatic rings. The number of hydrogen-bond donors (Lipinski definition) is 0. The Morgan fingerprint density at radius 2 is 0.603 bits per heavy atom. The van der Waals surface area contributed by atoms with Crippen molar-refractivity contribution in [1.29, 1.82) is 0 Å². The summed E-state index contributed by atoms with van der Waals surface area (Å²) < 4.78 is 4.91. The van der Waals surface area contributed by atoms with Gasteiger partial charge in [0.2, 0.25) is 0 Å². The van der Waals surface area contributed by atoms with Crippen LogP contribution in [0.5, 0.6) is 0 Å². The van der Waals surface area contributed by atoms with Gasteiger partial charge in [0.1, 0.15) is 0 Å². The van der Waals surface area contributed by atoms with Gasteiger partial charge in [-0.1, -0.05) is 139 Å². The van der Waals surface area contributed by atoms with Crippen molar-refractivity contribution in [3.8, 4) is 55.9 Å². The molecule has 0 radical (unpaired) electrons. The van der Waals surface area contributed by atoms with Crippen LogP contribution in [0.2, 0.25) is 0 Å². The van der Waals surface area contributed by atoms with E-state index in [1.165, 1.54) is 119 Å². The van der Waals surface area contributed by atoms with Crippen molar-refractivity contribution < 1.29 is 0 Å². The lowest BCUT2D eigenvalue weighted by Crippen LogP contribution is -2.00. The monoisotopic (exact) mass is 772 g/mol. The molecule has 0 saturated heterocycles. The first-order chi connectivity index (χ1) is 28.7. The van der Waals surface area contributed by atoms with E-state index in [0.717, 1.165) is 0 Å². The van der Waals surface area contributed by atoms with Crippen LogP contribution in [0, 0.1) is 0 Å². The van der Waals surface area contributed by atoms with Crippen LogP contribution in [0.25, 0.3) is 99.5 Å². The normalized spacial score (nSPS) is 12.7. The quantitative estimate of drug-likeness (QED) is 0.176. The summed E-state index contributed by atoms with van der Waals surface area (Å²) in [4.78, 5) is 5.22. The fourth-order valence-corrected chi connectivity index (χ4v) is 11.6. The number of para-hydroxylation sites is 4. The number of benzene rings is 9. The van der Waals surface area contributed by atoms with E-state index >= 15 is 0 Å². The minimum atomic E-state index is 1.21. The maximum absolute atomic E-state index is 2.46. The Kier molecular flexibility index (Phi) is 6.91. The third kappa shape index (κ3) is 4.76. The van der Waals surface area contributed by atoms with Gasteiger partial charge in [-0.2, -0.15) is 0 Å². The molecule has 0 saturated carbocycles. The van der Waals surface area contributed by atoms with Gasteiger partial charge in [-0.3, -0.25) is 0 Å². The molecule has 2 aromatic heterocycles. The van der Waals surface area contributed by atoms with Crippen LogP contribution in [-0.4, -0.2) is 9.13 Å². The summed E-state index contributed by atoms with van der Waals surface area (Å²) in [7, 11) is 0. The van der Waals surface area contributed by atoms with Crippen LogP contribution in [0.1, 0.15) is 0 Å². The summed E-state index contributed by atoms with van der Waals surface area (Å²) in [5.41, 5.74) is 17.4. The molecule has 0 amide bonds. The lowest BCUT2D eigenvalue weighted by Gasteiger charge is -2.19. The van der Waals surface area contributed by atoms with Gasteiger partial charge in [-0.05, 0) is 123 Å². The van der Waals surface area contributed by atoms with Gasteiger partial charge in [0.25, 0.3) is 0 Å². The molecule has 13 rings (SSSR count). The smallest absolute Gasteiger partial charge is 0.0681 e. The second-order valence-corrected chi connectivity index (χ2v) is 17.5.